The fraction of sp³-hybridized carbons (Fsp3) is 0.333. The lowest BCUT2D eigenvalue weighted by molar-refractivity contribution is 0.222. The molecule has 0 spiro atoms. The number of benzene rings is 2. The fourth-order valence-electron chi connectivity index (χ4n) is 2.94. The van der Waals surface area contributed by atoms with Crippen LogP contribution in [-0.4, -0.2) is 66.4 Å². The summed E-state index contributed by atoms with van der Waals surface area (Å²) in [5.74, 6) is -0.729. The zero-order valence-corrected chi connectivity index (χ0v) is 17.6. The lowest BCUT2D eigenvalue weighted by atomic mass is 10.3. The molecule has 0 radical (unpaired) electrons. The Bertz CT molecular complexity index is 1080. The minimum Gasteiger partial charge on any atom is -0.495 e. The highest BCUT2D eigenvalue weighted by Gasteiger charge is 2.27. The number of nitrogens with zero attached hydrogens (tertiary/aromatic N) is 2. The van der Waals surface area contributed by atoms with Crippen molar-refractivity contribution in [2.45, 2.75) is 9.79 Å². The first-order valence-corrected chi connectivity index (χ1v) is 11.7. The molecule has 29 heavy (non-hydrogen) atoms. The average Bonchev–Trinajstić information content (AvgIpc) is 2.68. The van der Waals surface area contributed by atoms with E-state index in [-0.39, 0.29) is 21.2 Å². The number of anilines is 1. The third kappa shape index (κ3) is 4.69. The van der Waals surface area contributed by atoms with E-state index < -0.39 is 25.9 Å². The summed E-state index contributed by atoms with van der Waals surface area (Å²) in [6.45, 7) is 2.08. The Kier molecular flexibility index (Phi) is 6.13. The van der Waals surface area contributed by atoms with Gasteiger partial charge in [0.15, 0.2) is 0 Å². The van der Waals surface area contributed by atoms with Crippen molar-refractivity contribution in [3.8, 4) is 5.75 Å². The van der Waals surface area contributed by atoms with Gasteiger partial charge in [-0.25, -0.2) is 21.2 Å². The molecule has 0 atom stereocenters. The molecule has 3 rings (SSSR count). The monoisotopic (exact) mass is 443 g/mol. The molecule has 0 amide bonds. The average molecular weight is 444 g/mol. The van der Waals surface area contributed by atoms with Gasteiger partial charge in [0.2, 0.25) is 10.0 Å². The van der Waals surface area contributed by atoms with E-state index in [4.69, 9.17) is 4.74 Å². The number of hydrogen-bond acceptors (Lipinski definition) is 6. The summed E-state index contributed by atoms with van der Waals surface area (Å²) in [4.78, 5) is 1.77. The fourth-order valence-corrected chi connectivity index (χ4v) is 5.61. The van der Waals surface area contributed by atoms with E-state index in [1.54, 1.807) is 0 Å². The van der Waals surface area contributed by atoms with Crippen LogP contribution in [0.1, 0.15) is 0 Å². The van der Waals surface area contributed by atoms with Gasteiger partial charge in [0.25, 0.3) is 10.0 Å². The number of rotatable bonds is 6. The van der Waals surface area contributed by atoms with E-state index in [0.29, 0.717) is 26.2 Å². The van der Waals surface area contributed by atoms with Gasteiger partial charge in [-0.2, -0.15) is 4.31 Å². The molecular formula is C18H22FN3O5S2. The van der Waals surface area contributed by atoms with Crippen molar-refractivity contribution in [2.75, 3.05) is 45.1 Å². The number of piperazine rings is 1. The predicted octanol–water partition coefficient (Wildman–Crippen LogP) is 1.57. The predicted molar refractivity (Wildman–Crippen MR) is 106 cm³/mol. The second-order valence-electron chi connectivity index (χ2n) is 6.63. The summed E-state index contributed by atoms with van der Waals surface area (Å²) in [6, 6.07) is 8.56. The van der Waals surface area contributed by atoms with E-state index in [2.05, 4.69) is 4.72 Å². The van der Waals surface area contributed by atoms with Gasteiger partial charge >= 0.3 is 0 Å². The van der Waals surface area contributed by atoms with E-state index in [1.165, 1.54) is 41.7 Å². The number of nitrogens with one attached hydrogen (secondary N) is 1. The number of sulfonamides is 2. The highest BCUT2D eigenvalue weighted by atomic mass is 32.2. The molecular weight excluding hydrogens is 421 g/mol. The van der Waals surface area contributed by atoms with Crippen LogP contribution in [0.5, 0.6) is 5.75 Å². The van der Waals surface area contributed by atoms with Gasteiger partial charge < -0.3 is 9.64 Å². The molecule has 0 aliphatic carbocycles. The number of methoxy groups -OCH3 is 1. The van der Waals surface area contributed by atoms with Crippen LogP contribution in [0.25, 0.3) is 0 Å². The van der Waals surface area contributed by atoms with Crippen molar-refractivity contribution < 1.29 is 26.0 Å². The van der Waals surface area contributed by atoms with Gasteiger partial charge in [-0.05, 0) is 49.5 Å². The molecule has 11 heteroatoms. The maximum absolute atomic E-state index is 13.5. The van der Waals surface area contributed by atoms with E-state index in [0.717, 1.165) is 12.1 Å². The van der Waals surface area contributed by atoms with Gasteiger partial charge in [0, 0.05) is 31.9 Å². The largest absolute Gasteiger partial charge is 0.495 e. The molecule has 2 aromatic rings. The summed E-state index contributed by atoms with van der Waals surface area (Å²) in [5, 5.41) is 0. The second kappa shape index (κ2) is 8.27. The van der Waals surface area contributed by atoms with Crippen LogP contribution < -0.4 is 9.46 Å². The van der Waals surface area contributed by atoms with E-state index in [1.807, 2.05) is 11.9 Å². The summed E-state index contributed by atoms with van der Waals surface area (Å²) < 4.78 is 72.9. The van der Waals surface area contributed by atoms with Crippen LogP contribution in [0.2, 0.25) is 0 Å². The topological polar surface area (TPSA) is 96.0 Å². The standard InChI is InChI=1S/C18H22FN3O5S2/c1-21-9-11-22(12-10-21)29(25,26)16-6-4-15(5-7-16)20-28(23,24)18-13-14(19)3-8-17(18)27-2/h3-8,13,20H,9-12H2,1-2H3. The molecule has 8 nitrogen and oxygen atoms in total. The molecule has 1 aliphatic heterocycles. The van der Waals surface area contributed by atoms with E-state index in [9.17, 15) is 21.2 Å². The Hall–Kier alpha value is -2.21. The molecule has 0 aromatic heterocycles. The second-order valence-corrected chi connectivity index (χ2v) is 10.2. The molecule has 158 valence electrons. The normalized spacial score (nSPS) is 16.5. The smallest absolute Gasteiger partial charge is 0.265 e. The lowest BCUT2D eigenvalue weighted by Crippen LogP contribution is -2.46. The summed E-state index contributed by atoms with van der Waals surface area (Å²) in [5.41, 5.74) is 0.147. The van der Waals surface area contributed by atoms with Crippen LogP contribution in [0.4, 0.5) is 10.1 Å². The van der Waals surface area contributed by atoms with Crippen molar-refractivity contribution in [2.24, 2.45) is 0 Å². The zero-order valence-electron chi connectivity index (χ0n) is 16.0. The van der Waals surface area contributed by atoms with Crippen LogP contribution in [0.15, 0.2) is 52.3 Å². The number of hydrogen-bond donors (Lipinski definition) is 1. The molecule has 1 N–H and O–H groups in total. The minimum absolute atomic E-state index is 0.00633. The van der Waals surface area contributed by atoms with Crippen molar-refractivity contribution in [1.82, 2.24) is 9.21 Å². The highest BCUT2D eigenvalue weighted by Crippen LogP contribution is 2.27. The van der Waals surface area contributed by atoms with Gasteiger partial charge in [-0.1, -0.05) is 0 Å². The Morgan fingerprint density at radius 1 is 0.966 bits per heavy atom. The molecule has 1 saturated heterocycles. The first kappa shape index (κ1) is 21.5. The third-order valence-electron chi connectivity index (χ3n) is 4.62. The summed E-state index contributed by atoms with van der Waals surface area (Å²) in [6.07, 6.45) is 0. The molecule has 0 saturated carbocycles. The maximum Gasteiger partial charge on any atom is 0.265 e. The van der Waals surface area contributed by atoms with Crippen molar-refractivity contribution >= 4 is 25.7 Å². The highest BCUT2D eigenvalue weighted by molar-refractivity contribution is 7.92. The summed E-state index contributed by atoms with van der Waals surface area (Å²) in [7, 11) is -4.58. The van der Waals surface area contributed by atoms with Crippen LogP contribution in [0.3, 0.4) is 0 Å². The number of likely N-dealkylation sites (N-methyl/N-ethyl adjacent to an activating group) is 1. The molecule has 1 aliphatic rings. The number of halogens is 1. The lowest BCUT2D eigenvalue weighted by Gasteiger charge is -2.31. The first-order chi connectivity index (χ1) is 13.6. The Morgan fingerprint density at radius 3 is 2.17 bits per heavy atom. The Balaban J connectivity index is 1.81. The van der Waals surface area contributed by atoms with Gasteiger partial charge in [-0.3, -0.25) is 4.72 Å². The SMILES string of the molecule is COc1ccc(F)cc1S(=O)(=O)Nc1ccc(S(=O)(=O)N2CCN(C)CC2)cc1. The molecule has 1 fully saturated rings. The minimum atomic E-state index is -4.13. The molecule has 1 heterocycles. The number of ether oxygens (including phenoxy) is 1. The first-order valence-electron chi connectivity index (χ1n) is 8.78. The molecule has 0 bridgehead atoms. The molecule has 2 aromatic carbocycles. The summed E-state index contributed by atoms with van der Waals surface area (Å²) >= 11 is 0. The quantitative estimate of drug-likeness (QED) is 0.728. The Labute approximate surface area is 170 Å². The van der Waals surface area contributed by atoms with E-state index >= 15 is 0 Å². The Morgan fingerprint density at radius 2 is 1.59 bits per heavy atom. The van der Waals surface area contributed by atoms with Crippen molar-refractivity contribution in [1.29, 1.82) is 0 Å². The zero-order chi connectivity index (χ0) is 21.2. The van der Waals surface area contributed by atoms with Crippen LogP contribution in [0, 0.1) is 5.82 Å². The third-order valence-corrected chi connectivity index (χ3v) is 7.94. The van der Waals surface area contributed by atoms with Gasteiger partial charge in [0.1, 0.15) is 16.5 Å². The van der Waals surface area contributed by atoms with Crippen LogP contribution in [-0.2, 0) is 20.0 Å². The maximum atomic E-state index is 13.5. The van der Waals surface area contributed by atoms with Crippen LogP contribution >= 0.6 is 0 Å². The molecule has 0 unspecified atom stereocenters. The van der Waals surface area contributed by atoms with Crippen molar-refractivity contribution in [3.05, 3.63) is 48.3 Å². The van der Waals surface area contributed by atoms with Gasteiger partial charge in [-0.15, -0.1) is 0 Å². The van der Waals surface area contributed by atoms with Gasteiger partial charge in [0.05, 0.1) is 12.0 Å². The van der Waals surface area contributed by atoms with Crippen molar-refractivity contribution in [3.63, 3.8) is 0 Å².